The van der Waals surface area contributed by atoms with Crippen LogP contribution in [-0.4, -0.2) is 47.9 Å². The second-order valence-electron chi connectivity index (χ2n) is 8.23. The van der Waals surface area contributed by atoms with E-state index in [2.05, 4.69) is 49.6 Å². The van der Waals surface area contributed by atoms with Crippen LogP contribution in [0.4, 0.5) is 0 Å². The van der Waals surface area contributed by atoms with Crippen molar-refractivity contribution in [3.63, 3.8) is 0 Å². The lowest BCUT2D eigenvalue weighted by molar-refractivity contribution is -0.0392. The quantitative estimate of drug-likeness (QED) is 0.663. The van der Waals surface area contributed by atoms with Crippen LogP contribution in [0.1, 0.15) is 36.0 Å². The Hall–Kier alpha value is -2.00. The number of fused-ring (bicyclic) bond motifs is 3. The molecule has 8 heteroatoms. The molecule has 2 aromatic heterocycles. The van der Waals surface area contributed by atoms with Crippen molar-refractivity contribution in [2.75, 3.05) is 26.3 Å². The molecule has 28 heavy (non-hydrogen) atoms. The molecule has 0 saturated carbocycles. The molecular formula is C20H26N4O3S. The summed E-state index contributed by atoms with van der Waals surface area (Å²) in [6, 6.07) is 6.22. The fourth-order valence-corrected chi connectivity index (χ4v) is 3.98. The van der Waals surface area contributed by atoms with E-state index >= 15 is 0 Å². The molecule has 0 spiro atoms. The van der Waals surface area contributed by atoms with Crippen LogP contribution >= 0.6 is 11.3 Å². The largest absolute Gasteiger partial charge is 0.351 e. The van der Waals surface area contributed by atoms with Gasteiger partial charge in [0.25, 0.3) is 5.91 Å². The number of carbonyl (C=O) groups excluding carboxylic acids is 1. The van der Waals surface area contributed by atoms with Gasteiger partial charge in [0.05, 0.1) is 24.2 Å². The van der Waals surface area contributed by atoms with Gasteiger partial charge in [0.15, 0.2) is 11.3 Å². The van der Waals surface area contributed by atoms with Crippen LogP contribution in [0.15, 0.2) is 24.4 Å². The molecule has 0 radical (unpaired) electrons. The molecule has 2 N–H and O–H groups in total. The van der Waals surface area contributed by atoms with Crippen molar-refractivity contribution in [3.8, 4) is 0 Å². The summed E-state index contributed by atoms with van der Waals surface area (Å²) in [6.45, 7) is 9.67. The summed E-state index contributed by atoms with van der Waals surface area (Å²) in [5.41, 5.74) is 3.15. The Balaban J connectivity index is 1.45. The third-order valence-electron chi connectivity index (χ3n) is 4.50. The molecule has 3 heterocycles. The summed E-state index contributed by atoms with van der Waals surface area (Å²) in [5, 5.41) is 6.35. The number of aromatic nitrogens is 2. The zero-order valence-corrected chi connectivity index (χ0v) is 17.3. The fraction of sp³-hybridized carbons (Fsp3) is 0.500. The molecule has 150 valence electrons. The van der Waals surface area contributed by atoms with Gasteiger partial charge in [-0.25, -0.2) is 4.98 Å². The lowest BCUT2D eigenvalue weighted by Gasteiger charge is -2.18. The third kappa shape index (κ3) is 4.35. The highest BCUT2D eigenvalue weighted by atomic mass is 32.1. The first-order valence-corrected chi connectivity index (χ1v) is 10.3. The first-order chi connectivity index (χ1) is 13.4. The van der Waals surface area contributed by atoms with Crippen molar-refractivity contribution in [2.45, 2.75) is 33.6 Å². The van der Waals surface area contributed by atoms with Gasteiger partial charge in [-0.15, -0.1) is 0 Å². The van der Waals surface area contributed by atoms with Gasteiger partial charge in [-0.2, -0.15) is 0 Å². The first-order valence-electron chi connectivity index (χ1n) is 9.52. The molecule has 0 atom stereocenters. The number of amides is 1. The minimum atomic E-state index is -0.149. The maximum atomic E-state index is 12.4. The van der Waals surface area contributed by atoms with Gasteiger partial charge in [-0.1, -0.05) is 38.2 Å². The van der Waals surface area contributed by atoms with E-state index in [-0.39, 0.29) is 17.6 Å². The summed E-state index contributed by atoms with van der Waals surface area (Å²) in [4.78, 5) is 18.6. The Morgan fingerprint density at radius 2 is 2.11 bits per heavy atom. The lowest BCUT2D eigenvalue weighted by atomic mass is 9.97. The van der Waals surface area contributed by atoms with Crippen LogP contribution in [-0.2, 0) is 16.0 Å². The van der Waals surface area contributed by atoms with E-state index in [1.165, 1.54) is 11.3 Å². The van der Waals surface area contributed by atoms with Crippen molar-refractivity contribution >= 4 is 33.2 Å². The molecule has 1 aromatic carbocycles. The Bertz CT molecular complexity index is 983. The standard InChI is InChI=1S/C20H26N4O3S/c1-20(2,3)12-22-18(25)16-11-24-15-5-4-13(8-14(15)23-19(24)28-16)9-21-10-17-26-6-7-27-17/h4-5,8,11,17,21H,6-7,9-10,12H2,1-3H3,(H,22,25). The molecule has 1 aliphatic heterocycles. The molecule has 1 amide bonds. The van der Waals surface area contributed by atoms with E-state index in [9.17, 15) is 4.79 Å². The normalized spacial score (nSPS) is 15.7. The number of nitrogens with one attached hydrogen (secondary N) is 2. The molecule has 0 unspecified atom stereocenters. The average Bonchev–Trinajstić information content (AvgIpc) is 3.34. The Labute approximate surface area is 168 Å². The molecule has 0 bridgehead atoms. The third-order valence-corrected chi connectivity index (χ3v) is 5.48. The number of hydrogen-bond donors (Lipinski definition) is 2. The summed E-state index contributed by atoms with van der Waals surface area (Å²) < 4.78 is 12.8. The van der Waals surface area contributed by atoms with Crippen molar-refractivity contribution in [1.29, 1.82) is 0 Å². The summed E-state index contributed by atoms with van der Waals surface area (Å²) in [5.74, 6) is -0.0456. The van der Waals surface area contributed by atoms with Gasteiger partial charge in [0.1, 0.15) is 4.88 Å². The highest BCUT2D eigenvalue weighted by molar-refractivity contribution is 7.18. The van der Waals surface area contributed by atoms with E-state index < -0.39 is 0 Å². The zero-order valence-electron chi connectivity index (χ0n) is 16.4. The van der Waals surface area contributed by atoms with Gasteiger partial charge in [0.2, 0.25) is 0 Å². The number of ether oxygens (including phenoxy) is 2. The highest BCUT2D eigenvalue weighted by Crippen LogP contribution is 2.25. The number of imidazole rings is 1. The average molecular weight is 403 g/mol. The van der Waals surface area contributed by atoms with Gasteiger partial charge < -0.3 is 20.1 Å². The fourth-order valence-electron chi connectivity index (χ4n) is 3.07. The Morgan fingerprint density at radius 3 is 2.86 bits per heavy atom. The SMILES string of the molecule is CC(C)(C)CNC(=O)c1cn2c(nc3cc(CNCC4OCCO4)ccc32)s1. The number of benzene rings is 1. The summed E-state index contributed by atoms with van der Waals surface area (Å²) in [7, 11) is 0. The van der Waals surface area contributed by atoms with Gasteiger partial charge >= 0.3 is 0 Å². The molecule has 1 saturated heterocycles. The lowest BCUT2D eigenvalue weighted by Crippen LogP contribution is -2.31. The first kappa shape index (κ1) is 19.3. The topological polar surface area (TPSA) is 76.9 Å². The maximum absolute atomic E-state index is 12.4. The van der Waals surface area contributed by atoms with Crippen LogP contribution in [0.5, 0.6) is 0 Å². The Kier molecular flexibility index (Phi) is 5.37. The van der Waals surface area contributed by atoms with E-state index in [4.69, 9.17) is 14.5 Å². The second-order valence-corrected chi connectivity index (χ2v) is 9.24. The van der Waals surface area contributed by atoms with Crippen molar-refractivity contribution in [1.82, 2.24) is 20.0 Å². The minimum absolute atomic E-state index is 0.0456. The van der Waals surface area contributed by atoms with E-state index in [1.54, 1.807) is 0 Å². The van der Waals surface area contributed by atoms with Crippen LogP contribution in [0.25, 0.3) is 16.0 Å². The van der Waals surface area contributed by atoms with Crippen molar-refractivity contribution in [3.05, 3.63) is 34.8 Å². The van der Waals surface area contributed by atoms with E-state index in [0.717, 1.165) is 28.1 Å². The monoisotopic (exact) mass is 402 g/mol. The molecule has 4 rings (SSSR count). The smallest absolute Gasteiger partial charge is 0.263 e. The Morgan fingerprint density at radius 1 is 1.32 bits per heavy atom. The maximum Gasteiger partial charge on any atom is 0.263 e. The van der Waals surface area contributed by atoms with Crippen LogP contribution in [0, 0.1) is 5.41 Å². The summed E-state index contributed by atoms with van der Waals surface area (Å²) in [6.07, 6.45) is 1.73. The van der Waals surface area contributed by atoms with E-state index in [0.29, 0.717) is 31.2 Å². The number of thiazole rings is 1. The number of hydrogen-bond acceptors (Lipinski definition) is 6. The molecule has 3 aromatic rings. The van der Waals surface area contributed by atoms with Crippen molar-refractivity contribution in [2.24, 2.45) is 5.41 Å². The van der Waals surface area contributed by atoms with Crippen LogP contribution < -0.4 is 10.6 Å². The summed E-state index contributed by atoms with van der Waals surface area (Å²) >= 11 is 1.41. The van der Waals surface area contributed by atoms with Crippen LogP contribution in [0.3, 0.4) is 0 Å². The molecule has 0 aliphatic carbocycles. The van der Waals surface area contributed by atoms with Crippen LogP contribution in [0.2, 0.25) is 0 Å². The number of nitrogens with zero attached hydrogens (tertiary/aromatic N) is 2. The van der Waals surface area contributed by atoms with Crippen molar-refractivity contribution < 1.29 is 14.3 Å². The highest BCUT2D eigenvalue weighted by Gasteiger charge is 2.18. The zero-order chi connectivity index (χ0) is 19.7. The number of carbonyl (C=O) groups is 1. The van der Waals surface area contributed by atoms with Gasteiger partial charge in [-0.3, -0.25) is 9.20 Å². The van der Waals surface area contributed by atoms with E-state index in [1.807, 2.05) is 10.6 Å². The van der Waals surface area contributed by atoms with Gasteiger partial charge in [0, 0.05) is 25.8 Å². The predicted molar refractivity (Wildman–Crippen MR) is 110 cm³/mol. The molecule has 1 aliphatic rings. The van der Waals surface area contributed by atoms with Gasteiger partial charge in [-0.05, 0) is 23.1 Å². The molecule has 1 fully saturated rings. The number of rotatable bonds is 6. The molecular weight excluding hydrogens is 376 g/mol. The molecule has 7 nitrogen and oxygen atoms in total. The minimum Gasteiger partial charge on any atom is -0.351 e. The second kappa shape index (κ2) is 7.79. The predicted octanol–water partition coefficient (Wildman–Crippen LogP) is 2.79.